The Kier molecular flexibility index (Phi) is 7.53. The molecule has 2 atom stereocenters. The zero-order chi connectivity index (χ0) is 24.5. The highest BCUT2D eigenvalue weighted by molar-refractivity contribution is 7.92. The van der Waals surface area contributed by atoms with Crippen molar-refractivity contribution >= 4 is 32.6 Å². The molecule has 2 heterocycles. The maximum Gasteiger partial charge on any atom is 0.242 e. The average Bonchev–Trinajstić information content (AvgIpc) is 3.05. The molecule has 8 nitrogen and oxygen atoms in total. The summed E-state index contributed by atoms with van der Waals surface area (Å²) >= 11 is 0. The number of aromatic nitrogens is 1. The number of carbonyl (C=O) groups is 2. The van der Waals surface area contributed by atoms with Crippen LogP contribution in [-0.4, -0.2) is 77.7 Å². The summed E-state index contributed by atoms with van der Waals surface area (Å²) in [6.07, 6.45) is 1.39. The largest absolute Gasteiger partial charge is 0.372 e. The van der Waals surface area contributed by atoms with Crippen molar-refractivity contribution in [2.75, 3.05) is 18.8 Å². The van der Waals surface area contributed by atoms with E-state index in [1.165, 1.54) is 6.20 Å². The second-order valence-corrected chi connectivity index (χ2v) is 11.4. The van der Waals surface area contributed by atoms with Crippen molar-refractivity contribution in [3.05, 3.63) is 30.5 Å². The van der Waals surface area contributed by atoms with Crippen LogP contribution in [0.4, 0.5) is 0 Å². The number of para-hydroxylation sites is 1. The van der Waals surface area contributed by atoms with Gasteiger partial charge in [-0.15, -0.1) is 0 Å². The van der Waals surface area contributed by atoms with Gasteiger partial charge in [0.15, 0.2) is 9.84 Å². The van der Waals surface area contributed by atoms with Gasteiger partial charge in [-0.25, -0.2) is 8.42 Å². The first-order chi connectivity index (χ1) is 15.4. The van der Waals surface area contributed by atoms with E-state index in [4.69, 9.17) is 4.74 Å². The van der Waals surface area contributed by atoms with Crippen molar-refractivity contribution in [3.8, 4) is 0 Å². The Balaban J connectivity index is 1.91. The molecule has 0 N–H and O–H groups in total. The second-order valence-electron chi connectivity index (χ2n) is 9.44. The molecule has 33 heavy (non-hydrogen) atoms. The molecule has 0 aliphatic carbocycles. The number of carbonyl (C=O) groups excluding carboxylic acids is 2. The van der Waals surface area contributed by atoms with Crippen LogP contribution in [0, 0.1) is 0 Å². The monoisotopic (exact) mass is 477 g/mol. The Bertz CT molecular complexity index is 1100. The minimum Gasteiger partial charge on any atom is -0.372 e. The number of nitrogens with zero attached hydrogens (tertiary/aromatic N) is 3. The molecular weight excluding hydrogens is 442 g/mol. The molecule has 182 valence electrons. The highest BCUT2D eigenvalue weighted by atomic mass is 32.2. The lowest BCUT2D eigenvalue weighted by molar-refractivity contribution is -0.143. The first-order valence-corrected chi connectivity index (χ1v) is 13.1. The van der Waals surface area contributed by atoms with Crippen LogP contribution in [0.2, 0.25) is 0 Å². The first-order valence-electron chi connectivity index (χ1n) is 11.5. The molecule has 1 aliphatic rings. The molecule has 2 aromatic rings. The van der Waals surface area contributed by atoms with Crippen LogP contribution in [0.15, 0.2) is 35.4 Å². The fourth-order valence-corrected chi connectivity index (χ4v) is 6.13. The van der Waals surface area contributed by atoms with Crippen LogP contribution in [0.3, 0.4) is 0 Å². The molecule has 1 fully saturated rings. The molecule has 2 amide bonds. The minimum absolute atomic E-state index is 0.0214. The van der Waals surface area contributed by atoms with Gasteiger partial charge in [0.05, 0.1) is 17.1 Å². The molecule has 0 radical (unpaired) electrons. The summed E-state index contributed by atoms with van der Waals surface area (Å²) in [6, 6.07) is 6.87. The van der Waals surface area contributed by atoms with Gasteiger partial charge in [-0.05, 0) is 47.6 Å². The van der Waals surface area contributed by atoms with E-state index in [2.05, 4.69) is 0 Å². The minimum atomic E-state index is -3.91. The maximum absolute atomic E-state index is 13.3. The van der Waals surface area contributed by atoms with Gasteiger partial charge in [0.2, 0.25) is 11.8 Å². The maximum atomic E-state index is 13.3. The highest BCUT2D eigenvalue weighted by Crippen LogP contribution is 2.27. The number of sulfone groups is 1. The fourth-order valence-electron chi connectivity index (χ4n) is 4.71. The van der Waals surface area contributed by atoms with Crippen molar-refractivity contribution < 1.29 is 22.7 Å². The Morgan fingerprint density at radius 3 is 2.21 bits per heavy atom. The van der Waals surface area contributed by atoms with Gasteiger partial charge in [-0.1, -0.05) is 18.2 Å². The van der Waals surface area contributed by atoms with E-state index < -0.39 is 21.5 Å². The third-order valence-corrected chi connectivity index (χ3v) is 7.50. The first kappa shape index (κ1) is 25.2. The summed E-state index contributed by atoms with van der Waals surface area (Å²) in [4.78, 5) is 29.3. The van der Waals surface area contributed by atoms with Crippen molar-refractivity contribution in [2.24, 2.45) is 0 Å². The van der Waals surface area contributed by atoms with E-state index in [-0.39, 0.29) is 41.6 Å². The number of morpholine rings is 1. The average molecular weight is 478 g/mol. The molecular formula is C24H35N3O5S. The van der Waals surface area contributed by atoms with Crippen LogP contribution in [-0.2, 0) is 30.7 Å². The van der Waals surface area contributed by atoms with Crippen molar-refractivity contribution in [3.63, 3.8) is 0 Å². The molecule has 0 spiro atoms. The molecule has 3 rings (SSSR count). The molecule has 1 saturated heterocycles. The van der Waals surface area contributed by atoms with Crippen LogP contribution in [0.5, 0.6) is 0 Å². The smallest absolute Gasteiger partial charge is 0.242 e. The van der Waals surface area contributed by atoms with Gasteiger partial charge < -0.3 is 19.1 Å². The van der Waals surface area contributed by atoms with E-state index in [1.807, 2.05) is 47.6 Å². The predicted molar refractivity (Wildman–Crippen MR) is 128 cm³/mol. The summed E-state index contributed by atoms with van der Waals surface area (Å²) < 4.78 is 34.0. The van der Waals surface area contributed by atoms with Crippen molar-refractivity contribution in [1.29, 1.82) is 0 Å². The van der Waals surface area contributed by atoms with E-state index in [1.54, 1.807) is 32.6 Å². The van der Waals surface area contributed by atoms with Gasteiger partial charge in [0.25, 0.3) is 0 Å². The number of benzene rings is 1. The molecule has 1 aromatic heterocycles. The number of rotatable bonds is 7. The molecule has 0 saturated carbocycles. The fraction of sp³-hybridized carbons (Fsp3) is 0.583. The van der Waals surface area contributed by atoms with Gasteiger partial charge in [-0.3, -0.25) is 9.59 Å². The SMILES string of the molecule is CC1CN(C(=O)Cn2cc(S(=O)(=O)CC(=O)N(C(C)C)C(C)C)c3ccccc32)CC(C)O1. The summed E-state index contributed by atoms with van der Waals surface area (Å²) in [5.41, 5.74) is 0.649. The lowest BCUT2D eigenvalue weighted by Crippen LogP contribution is -2.49. The second kappa shape index (κ2) is 9.85. The van der Waals surface area contributed by atoms with Crippen LogP contribution >= 0.6 is 0 Å². The Morgan fingerprint density at radius 2 is 1.64 bits per heavy atom. The lowest BCUT2D eigenvalue weighted by Gasteiger charge is -2.35. The number of fused-ring (bicyclic) bond motifs is 1. The molecule has 1 aliphatic heterocycles. The molecule has 1 aromatic carbocycles. The Labute approximate surface area is 196 Å². The third-order valence-electron chi connectivity index (χ3n) is 5.88. The Morgan fingerprint density at radius 1 is 1.06 bits per heavy atom. The van der Waals surface area contributed by atoms with Crippen LogP contribution in [0.25, 0.3) is 10.9 Å². The van der Waals surface area contributed by atoms with E-state index in [0.29, 0.717) is 24.0 Å². The van der Waals surface area contributed by atoms with Crippen LogP contribution in [0.1, 0.15) is 41.5 Å². The lowest BCUT2D eigenvalue weighted by atomic mass is 10.2. The normalized spacial score (nSPS) is 19.5. The van der Waals surface area contributed by atoms with Gasteiger partial charge in [-0.2, -0.15) is 0 Å². The number of amides is 2. The highest BCUT2D eigenvalue weighted by Gasteiger charge is 2.30. The summed E-state index contributed by atoms with van der Waals surface area (Å²) in [6.45, 7) is 12.4. The van der Waals surface area contributed by atoms with Crippen molar-refractivity contribution in [1.82, 2.24) is 14.4 Å². The number of ether oxygens (including phenoxy) is 1. The summed E-state index contributed by atoms with van der Waals surface area (Å²) in [5, 5.41) is 0.516. The quantitative estimate of drug-likeness (QED) is 0.612. The molecule has 9 heteroatoms. The van der Waals surface area contributed by atoms with Crippen molar-refractivity contribution in [2.45, 2.75) is 77.3 Å². The van der Waals surface area contributed by atoms with Gasteiger partial charge >= 0.3 is 0 Å². The van der Waals surface area contributed by atoms with Gasteiger partial charge in [0, 0.05) is 42.3 Å². The van der Waals surface area contributed by atoms with Gasteiger partial charge in [0.1, 0.15) is 12.3 Å². The molecule has 2 unspecified atom stereocenters. The standard InChI is InChI=1S/C24H35N3O5S/c1-16(2)27(17(3)4)24(29)15-33(30,31)22-13-25(21-10-8-7-9-20(21)22)14-23(28)26-11-18(5)32-19(6)12-26/h7-10,13,16-19H,11-12,14-15H2,1-6H3. The number of hydrogen-bond acceptors (Lipinski definition) is 5. The topological polar surface area (TPSA) is 88.9 Å². The van der Waals surface area contributed by atoms with E-state index in [0.717, 1.165) is 0 Å². The summed E-state index contributed by atoms with van der Waals surface area (Å²) in [5.74, 6) is -1.13. The number of hydrogen-bond donors (Lipinski definition) is 0. The molecule has 0 bridgehead atoms. The summed E-state index contributed by atoms with van der Waals surface area (Å²) in [7, 11) is -3.91. The van der Waals surface area contributed by atoms with Crippen LogP contribution < -0.4 is 0 Å². The Hall–Kier alpha value is -2.39. The predicted octanol–water partition coefficient (Wildman–Crippen LogP) is 2.70. The third kappa shape index (κ3) is 5.58. The van der Waals surface area contributed by atoms with E-state index in [9.17, 15) is 18.0 Å². The van der Waals surface area contributed by atoms with E-state index >= 15 is 0 Å². The zero-order valence-electron chi connectivity index (χ0n) is 20.3. The zero-order valence-corrected chi connectivity index (χ0v) is 21.1.